The lowest BCUT2D eigenvalue weighted by Gasteiger charge is -2.51. The number of aromatic nitrogens is 1. The molecule has 68 heavy (non-hydrogen) atoms. The minimum Gasteiger partial charge on any atom is -0.493 e. The minimum absolute atomic E-state index is 0.0273. The Balaban J connectivity index is 1.14. The van der Waals surface area contributed by atoms with Gasteiger partial charge < -0.3 is 29.4 Å². The lowest BCUT2D eigenvalue weighted by Crippen LogP contribution is -2.63. The molecule has 1 aromatic heterocycles. The topological polar surface area (TPSA) is 154 Å². The molecule has 1 fully saturated rings. The van der Waals surface area contributed by atoms with E-state index in [9.17, 15) is 37.5 Å². The van der Waals surface area contributed by atoms with Crippen LogP contribution < -0.4 is 19.7 Å². The van der Waals surface area contributed by atoms with Gasteiger partial charge in [-0.25, -0.2) is 9.59 Å². The molecule has 0 saturated heterocycles. The van der Waals surface area contributed by atoms with Crippen molar-refractivity contribution < 1.29 is 56.4 Å². The molecule has 5 atom stereocenters. The highest BCUT2D eigenvalue weighted by molar-refractivity contribution is 6.31. The summed E-state index contributed by atoms with van der Waals surface area (Å²) in [6.45, 7) is 4.44. The van der Waals surface area contributed by atoms with E-state index >= 15 is 0 Å². The number of amides is 2. The first-order chi connectivity index (χ1) is 32.5. The van der Waals surface area contributed by atoms with Crippen LogP contribution in [0.15, 0.2) is 85.1 Å². The Kier molecular flexibility index (Phi) is 15.7. The molecule has 364 valence electrons. The Morgan fingerprint density at radius 1 is 0.941 bits per heavy atom. The number of hydrogen-bond acceptors (Lipinski definition) is 10. The maximum absolute atomic E-state index is 14.5. The summed E-state index contributed by atoms with van der Waals surface area (Å²) in [7, 11) is 2.33. The highest BCUT2D eigenvalue weighted by Crippen LogP contribution is 2.58. The van der Waals surface area contributed by atoms with Gasteiger partial charge in [0.1, 0.15) is 29.7 Å². The molecule has 3 aliphatic carbocycles. The summed E-state index contributed by atoms with van der Waals surface area (Å²) in [5.74, 6) is -2.87. The maximum atomic E-state index is 14.5. The molecule has 4 aromatic rings. The van der Waals surface area contributed by atoms with Crippen molar-refractivity contribution in [2.24, 2.45) is 11.8 Å². The maximum Gasteiger partial charge on any atom is 0.471 e. The average Bonchev–Trinajstić information content (AvgIpc) is 3.60. The van der Waals surface area contributed by atoms with Crippen LogP contribution >= 0.6 is 11.6 Å². The smallest absolute Gasteiger partial charge is 0.471 e. The fraction of sp³-hybridized carbons (Fsp3) is 0.481. The first-order valence-corrected chi connectivity index (χ1v) is 23.6. The van der Waals surface area contributed by atoms with E-state index in [1.54, 1.807) is 12.3 Å². The van der Waals surface area contributed by atoms with E-state index in [1.165, 1.54) is 31.4 Å². The lowest BCUT2D eigenvalue weighted by molar-refractivity contribution is -0.174. The van der Waals surface area contributed by atoms with Gasteiger partial charge >= 0.3 is 24.0 Å². The van der Waals surface area contributed by atoms with Crippen LogP contribution in [0.4, 0.5) is 18.9 Å². The molecule has 3 aromatic carbocycles. The second kappa shape index (κ2) is 21.3. The molecular formula is C52H59ClF3N3O9. The monoisotopic (exact) mass is 961 g/mol. The number of anilines is 1. The quantitative estimate of drug-likeness (QED) is 0.0983. The summed E-state index contributed by atoms with van der Waals surface area (Å²) in [4.78, 5) is 58.3. The van der Waals surface area contributed by atoms with Gasteiger partial charge in [-0.2, -0.15) is 13.2 Å². The second-order valence-electron chi connectivity index (χ2n) is 18.6. The number of ether oxygens (including phenoxy) is 4. The van der Waals surface area contributed by atoms with E-state index in [-0.39, 0.29) is 67.7 Å². The molecule has 1 heterocycles. The summed E-state index contributed by atoms with van der Waals surface area (Å²) >= 11 is 6.27. The van der Waals surface area contributed by atoms with Crippen LogP contribution in [-0.2, 0) is 53.3 Å². The zero-order valence-electron chi connectivity index (χ0n) is 38.8. The number of fused-ring (bicyclic) bond motifs is 3. The lowest BCUT2D eigenvalue weighted by atomic mass is 9.59. The SMILES string of the molecule is COC(=O)[C@@H](Cc1ccccc1)NC(=O)CC(O)COc1ccc2c(c1)C1(CCC(C(=O)OC)(N(C(=O)C(F)(F)F)c3cccc(Cl)c3)CC1)[C@@H](C[C@@H](C)COc1ccnc3c1[C@H](C)CCC3)C2. The van der Waals surface area contributed by atoms with E-state index in [4.69, 9.17) is 30.5 Å². The predicted octanol–water partition coefficient (Wildman–Crippen LogP) is 8.80. The molecule has 3 aliphatic rings. The Morgan fingerprint density at radius 3 is 2.38 bits per heavy atom. The van der Waals surface area contributed by atoms with Crippen LogP contribution in [0.25, 0.3) is 0 Å². The van der Waals surface area contributed by atoms with Crippen molar-refractivity contribution in [2.75, 3.05) is 32.3 Å². The number of hydrogen-bond donors (Lipinski definition) is 2. The number of carbonyl (C=O) groups excluding carboxylic acids is 4. The Morgan fingerprint density at radius 2 is 1.69 bits per heavy atom. The molecule has 1 spiro atoms. The first-order valence-electron chi connectivity index (χ1n) is 23.2. The molecule has 0 radical (unpaired) electrons. The molecule has 2 amide bonds. The fourth-order valence-corrected chi connectivity index (χ4v) is 11.0. The number of halogens is 4. The molecule has 1 saturated carbocycles. The Labute approximate surface area is 399 Å². The first kappa shape index (κ1) is 50.2. The predicted molar refractivity (Wildman–Crippen MR) is 249 cm³/mol. The minimum atomic E-state index is -5.33. The number of aliphatic hydroxyl groups is 1. The van der Waals surface area contributed by atoms with E-state index in [0.29, 0.717) is 36.0 Å². The summed E-state index contributed by atoms with van der Waals surface area (Å²) in [5, 5.41) is 13.7. The third kappa shape index (κ3) is 10.9. The molecule has 0 aliphatic heterocycles. The van der Waals surface area contributed by atoms with Gasteiger partial charge in [-0.15, -0.1) is 0 Å². The van der Waals surface area contributed by atoms with Gasteiger partial charge in [0.25, 0.3) is 0 Å². The largest absolute Gasteiger partial charge is 0.493 e. The van der Waals surface area contributed by atoms with Gasteiger partial charge in [0.15, 0.2) is 0 Å². The van der Waals surface area contributed by atoms with Crippen molar-refractivity contribution >= 4 is 41.0 Å². The normalized spacial score (nSPS) is 22.2. The van der Waals surface area contributed by atoms with Crippen LogP contribution in [0.5, 0.6) is 11.5 Å². The van der Waals surface area contributed by atoms with Crippen LogP contribution in [0.2, 0.25) is 5.02 Å². The number of nitrogens with zero attached hydrogens (tertiary/aromatic N) is 2. The number of esters is 2. The summed E-state index contributed by atoms with van der Waals surface area (Å²) in [6, 6.07) is 21.1. The van der Waals surface area contributed by atoms with Crippen molar-refractivity contribution in [1.29, 1.82) is 0 Å². The van der Waals surface area contributed by atoms with Crippen molar-refractivity contribution in [1.82, 2.24) is 10.3 Å². The number of aliphatic hydroxyl groups excluding tert-OH is 1. The number of rotatable bonds is 17. The van der Waals surface area contributed by atoms with Crippen LogP contribution in [0.1, 0.15) is 99.1 Å². The third-order valence-electron chi connectivity index (χ3n) is 14.1. The van der Waals surface area contributed by atoms with E-state index in [1.807, 2.05) is 48.5 Å². The van der Waals surface area contributed by atoms with Gasteiger partial charge in [0, 0.05) is 34.6 Å². The summed E-state index contributed by atoms with van der Waals surface area (Å²) in [5.41, 5.74) is 2.03. The zero-order valence-corrected chi connectivity index (χ0v) is 39.5. The number of aryl methyl sites for hydroxylation is 1. The number of pyridine rings is 1. The van der Waals surface area contributed by atoms with Crippen molar-refractivity contribution in [3.63, 3.8) is 0 Å². The molecule has 16 heteroatoms. The highest BCUT2D eigenvalue weighted by Gasteiger charge is 2.60. The zero-order chi connectivity index (χ0) is 48.8. The van der Waals surface area contributed by atoms with Gasteiger partial charge in [-0.3, -0.25) is 19.5 Å². The molecule has 12 nitrogen and oxygen atoms in total. The number of nitrogens with one attached hydrogen (secondary N) is 1. The van der Waals surface area contributed by atoms with Crippen LogP contribution in [-0.4, -0.2) is 85.1 Å². The third-order valence-corrected chi connectivity index (χ3v) is 14.3. The number of carbonyl (C=O) groups is 4. The second-order valence-corrected chi connectivity index (χ2v) is 19.1. The van der Waals surface area contributed by atoms with Crippen molar-refractivity contribution in [3.05, 3.63) is 118 Å². The van der Waals surface area contributed by atoms with Crippen molar-refractivity contribution in [3.8, 4) is 11.5 Å². The standard InChI is InChI=1S/C52H59ClF3N3O9/c1-32(30-68-44-18-23-57-42-15-8-10-33(2)46(42)44)24-36-26-35-16-17-40(67-31-39(60)28-45(61)58-43(47(62)65-3)25-34-11-6-5-7-12-34)29-41(35)50(36)19-21-51(22-20-50,49(64)66-4)59(48(63)52(54,55)56)38-14-9-13-37(53)27-38/h5-7,9,11-14,16-18,23,27,29,32-33,36,39,43,60H,8,10,15,19-22,24-26,28,30-31H2,1-4H3,(H,58,61)/t32-,33-,36+,39?,43-,50?,51?/m1/s1. The van der Waals surface area contributed by atoms with Gasteiger partial charge in [-0.1, -0.05) is 67.9 Å². The Hall–Kier alpha value is -5.67. The molecule has 0 bridgehead atoms. The van der Waals surface area contributed by atoms with E-state index in [0.717, 1.165) is 60.1 Å². The Bertz CT molecular complexity index is 2450. The van der Waals surface area contributed by atoms with Crippen LogP contribution in [0, 0.1) is 11.8 Å². The average molecular weight is 963 g/mol. The van der Waals surface area contributed by atoms with Gasteiger partial charge in [-0.05, 0) is 134 Å². The van der Waals surface area contributed by atoms with Crippen LogP contribution in [0.3, 0.4) is 0 Å². The number of benzene rings is 3. The van der Waals surface area contributed by atoms with Crippen molar-refractivity contribution in [2.45, 2.75) is 120 Å². The molecular weight excluding hydrogens is 903 g/mol. The molecule has 7 rings (SSSR count). The summed E-state index contributed by atoms with van der Waals surface area (Å²) < 4.78 is 66.4. The van der Waals surface area contributed by atoms with E-state index < -0.39 is 53.0 Å². The highest BCUT2D eigenvalue weighted by atomic mass is 35.5. The number of methoxy groups -OCH3 is 2. The van der Waals surface area contributed by atoms with E-state index in [2.05, 4.69) is 24.1 Å². The summed E-state index contributed by atoms with van der Waals surface area (Å²) in [6.07, 6.45) is -0.555. The fourth-order valence-electron chi connectivity index (χ4n) is 10.8. The van der Waals surface area contributed by atoms with Gasteiger partial charge in [0.05, 0.1) is 33.4 Å². The van der Waals surface area contributed by atoms with Gasteiger partial charge in [0.2, 0.25) is 5.91 Å². The molecule has 1 unspecified atom stereocenters. The number of alkyl halides is 3. The molecule has 2 N–H and O–H groups in total.